The van der Waals surface area contributed by atoms with Crippen LogP contribution in [0.1, 0.15) is 42.9 Å². The second-order valence-electron chi connectivity index (χ2n) is 4.16. The van der Waals surface area contributed by atoms with Crippen LogP contribution in [-0.2, 0) is 27.7 Å². The molecule has 0 N–H and O–H groups in total. The molecule has 1 aromatic rings. The first-order chi connectivity index (χ1) is 9.04. The fraction of sp³-hybridized carbons (Fsp3) is 0.615. The lowest BCUT2D eigenvalue weighted by molar-refractivity contribution is -0.141. The maximum absolute atomic E-state index is 11.5. The van der Waals surface area contributed by atoms with Crippen molar-refractivity contribution in [2.24, 2.45) is 7.05 Å². The molecule has 0 bridgehead atoms. The highest BCUT2D eigenvalue weighted by Gasteiger charge is 2.13. The third kappa shape index (κ3) is 5.11. The Morgan fingerprint density at radius 1 is 1.32 bits per heavy atom. The molecular weight excluding hydrogens is 248 g/mol. The lowest BCUT2D eigenvalue weighted by Crippen LogP contribution is -2.06. The number of ether oxygens (including phenoxy) is 2. The van der Waals surface area contributed by atoms with Gasteiger partial charge in [-0.1, -0.05) is 0 Å². The molecule has 0 amide bonds. The van der Waals surface area contributed by atoms with Crippen molar-refractivity contribution in [3.05, 3.63) is 17.5 Å². The molecule has 0 aromatic carbocycles. The Kier molecular flexibility index (Phi) is 6.05. The van der Waals surface area contributed by atoms with Gasteiger partial charge in [0.15, 0.2) is 5.69 Å². The van der Waals surface area contributed by atoms with E-state index < -0.39 is 5.97 Å². The molecule has 19 heavy (non-hydrogen) atoms. The molecule has 6 heteroatoms. The van der Waals surface area contributed by atoms with Crippen LogP contribution in [0.3, 0.4) is 0 Å². The zero-order valence-corrected chi connectivity index (χ0v) is 11.6. The highest BCUT2D eigenvalue weighted by Crippen LogP contribution is 2.08. The van der Waals surface area contributed by atoms with Crippen LogP contribution in [0.2, 0.25) is 0 Å². The van der Waals surface area contributed by atoms with Gasteiger partial charge in [0.25, 0.3) is 0 Å². The number of carbonyl (C=O) groups is 2. The van der Waals surface area contributed by atoms with Crippen molar-refractivity contribution in [2.45, 2.75) is 33.1 Å². The van der Waals surface area contributed by atoms with Crippen molar-refractivity contribution in [3.63, 3.8) is 0 Å². The molecule has 106 valence electrons. The standard InChI is InChI=1S/C13H20N2O4/c1-4-18-13(17)12-9-11(15(3)14-12)7-5-6-8-19-10(2)16/h9H,4-8H2,1-3H3. The molecule has 0 aliphatic rings. The molecular formula is C13H20N2O4. The van der Waals surface area contributed by atoms with Crippen LogP contribution in [0.25, 0.3) is 0 Å². The summed E-state index contributed by atoms with van der Waals surface area (Å²) in [5, 5.41) is 4.11. The first-order valence-electron chi connectivity index (χ1n) is 6.38. The summed E-state index contributed by atoms with van der Waals surface area (Å²) < 4.78 is 11.4. The predicted molar refractivity (Wildman–Crippen MR) is 68.7 cm³/mol. The number of carbonyl (C=O) groups excluding carboxylic acids is 2. The van der Waals surface area contributed by atoms with Crippen molar-refractivity contribution in [3.8, 4) is 0 Å². The van der Waals surface area contributed by atoms with E-state index in [1.54, 1.807) is 24.7 Å². The summed E-state index contributed by atoms with van der Waals surface area (Å²) in [6.45, 7) is 3.93. The minimum absolute atomic E-state index is 0.259. The summed E-state index contributed by atoms with van der Waals surface area (Å²) in [5.74, 6) is -0.658. The molecule has 0 aliphatic heterocycles. The van der Waals surface area contributed by atoms with Gasteiger partial charge in [-0.3, -0.25) is 9.48 Å². The predicted octanol–water partition coefficient (Wildman–Crippen LogP) is 1.48. The van der Waals surface area contributed by atoms with E-state index >= 15 is 0 Å². The summed E-state index contributed by atoms with van der Waals surface area (Å²) in [7, 11) is 1.80. The number of unbranched alkanes of at least 4 members (excludes halogenated alkanes) is 1. The molecule has 0 saturated heterocycles. The van der Waals surface area contributed by atoms with E-state index in [9.17, 15) is 9.59 Å². The molecule has 1 aromatic heterocycles. The van der Waals surface area contributed by atoms with E-state index in [0.717, 1.165) is 25.0 Å². The molecule has 1 heterocycles. The molecule has 6 nitrogen and oxygen atoms in total. The van der Waals surface area contributed by atoms with Gasteiger partial charge in [-0.05, 0) is 32.3 Å². The molecule has 0 saturated carbocycles. The first kappa shape index (κ1) is 15.2. The highest BCUT2D eigenvalue weighted by atomic mass is 16.5. The van der Waals surface area contributed by atoms with Crippen LogP contribution in [0.4, 0.5) is 0 Å². The normalized spacial score (nSPS) is 10.3. The van der Waals surface area contributed by atoms with Crippen LogP contribution in [0.15, 0.2) is 6.07 Å². The molecule has 0 spiro atoms. The third-order valence-electron chi connectivity index (χ3n) is 2.59. The van der Waals surface area contributed by atoms with Crippen LogP contribution < -0.4 is 0 Å². The van der Waals surface area contributed by atoms with Crippen LogP contribution >= 0.6 is 0 Å². The minimum atomic E-state index is -0.399. The van der Waals surface area contributed by atoms with Gasteiger partial charge in [0.1, 0.15) is 0 Å². The van der Waals surface area contributed by atoms with Crippen LogP contribution in [0, 0.1) is 0 Å². The van der Waals surface area contributed by atoms with E-state index in [2.05, 4.69) is 5.10 Å². The SMILES string of the molecule is CCOC(=O)c1cc(CCCCOC(C)=O)n(C)n1. The number of aromatic nitrogens is 2. The Balaban J connectivity index is 2.42. The quantitative estimate of drug-likeness (QED) is 0.553. The second kappa shape index (κ2) is 7.56. The monoisotopic (exact) mass is 268 g/mol. The smallest absolute Gasteiger partial charge is 0.358 e. The summed E-state index contributed by atoms with van der Waals surface area (Å²) >= 11 is 0. The average Bonchev–Trinajstić information content (AvgIpc) is 2.71. The second-order valence-corrected chi connectivity index (χ2v) is 4.16. The lowest BCUT2D eigenvalue weighted by Gasteiger charge is -2.02. The van der Waals surface area contributed by atoms with Gasteiger partial charge < -0.3 is 9.47 Å². The number of hydrogen-bond acceptors (Lipinski definition) is 5. The number of aryl methyl sites for hydroxylation is 2. The van der Waals surface area contributed by atoms with Crippen molar-refractivity contribution in [1.82, 2.24) is 9.78 Å². The van der Waals surface area contributed by atoms with Gasteiger partial charge in [-0.25, -0.2) is 4.79 Å². The Bertz CT molecular complexity index is 440. The minimum Gasteiger partial charge on any atom is -0.466 e. The van der Waals surface area contributed by atoms with E-state index in [1.807, 2.05) is 0 Å². The topological polar surface area (TPSA) is 70.4 Å². The summed E-state index contributed by atoms with van der Waals surface area (Å²) in [5.41, 5.74) is 1.30. The Hall–Kier alpha value is -1.85. The van der Waals surface area contributed by atoms with Gasteiger partial charge in [0, 0.05) is 19.7 Å². The summed E-state index contributed by atoms with van der Waals surface area (Å²) in [6, 6.07) is 1.74. The van der Waals surface area contributed by atoms with Crippen molar-refractivity contribution >= 4 is 11.9 Å². The molecule has 0 fully saturated rings. The molecule has 0 unspecified atom stereocenters. The maximum Gasteiger partial charge on any atom is 0.358 e. The van der Waals surface area contributed by atoms with E-state index in [4.69, 9.17) is 9.47 Å². The maximum atomic E-state index is 11.5. The molecule has 0 aliphatic carbocycles. The zero-order chi connectivity index (χ0) is 14.3. The Morgan fingerprint density at radius 3 is 2.68 bits per heavy atom. The number of hydrogen-bond donors (Lipinski definition) is 0. The average molecular weight is 268 g/mol. The van der Waals surface area contributed by atoms with Gasteiger partial charge in [0.2, 0.25) is 0 Å². The summed E-state index contributed by atoms with van der Waals surface area (Å²) in [4.78, 5) is 22.1. The Morgan fingerprint density at radius 2 is 2.05 bits per heavy atom. The van der Waals surface area contributed by atoms with Crippen molar-refractivity contribution in [2.75, 3.05) is 13.2 Å². The summed E-state index contributed by atoms with van der Waals surface area (Å²) in [6.07, 6.45) is 2.44. The van der Waals surface area contributed by atoms with E-state index in [-0.39, 0.29) is 5.97 Å². The highest BCUT2D eigenvalue weighted by molar-refractivity contribution is 5.87. The molecule has 0 radical (unpaired) electrons. The zero-order valence-electron chi connectivity index (χ0n) is 11.6. The number of esters is 2. The molecule has 1 rings (SSSR count). The number of rotatable bonds is 7. The van der Waals surface area contributed by atoms with E-state index in [1.165, 1.54) is 6.92 Å². The van der Waals surface area contributed by atoms with Crippen LogP contribution in [-0.4, -0.2) is 34.9 Å². The number of nitrogens with zero attached hydrogens (tertiary/aromatic N) is 2. The largest absolute Gasteiger partial charge is 0.466 e. The Labute approximate surface area is 112 Å². The third-order valence-corrected chi connectivity index (χ3v) is 2.59. The van der Waals surface area contributed by atoms with Crippen LogP contribution in [0.5, 0.6) is 0 Å². The first-order valence-corrected chi connectivity index (χ1v) is 6.38. The van der Waals surface area contributed by atoms with Crippen molar-refractivity contribution < 1.29 is 19.1 Å². The van der Waals surface area contributed by atoms with Gasteiger partial charge in [-0.2, -0.15) is 5.10 Å². The van der Waals surface area contributed by atoms with E-state index in [0.29, 0.717) is 18.9 Å². The van der Waals surface area contributed by atoms with Gasteiger partial charge in [-0.15, -0.1) is 0 Å². The fourth-order valence-corrected chi connectivity index (χ4v) is 1.67. The van der Waals surface area contributed by atoms with Gasteiger partial charge >= 0.3 is 11.9 Å². The fourth-order valence-electron chi connectivity index (χ4n) is 1.67. The lowest BCUT2D eigenvalue weighted by atomic mass is 10.2. The van der Waals surface area contributed by atoms with Crippen molar-refractivity contribution in [1.29, 1.82) is 0 Å². The molecule has 0 atom stereocenters. The van der Waals surface area contributed by atoms with Gasteiger partial charge in [0.05, 0.1) is 13.2 Å².